The zero-order valence-corrected chi connectivity index (χ0v) is 10.0. The Morgan fingerprint density at radius 2 is 2.00 bits per heavy atom. The molecule has 1 aliphatic rings. The molecule has 0 bridgehead atoms. The number of carbonyl (C=O) groups is 1. The van der Waals surface area contributed by atoms with Gasteiger partial charge in [-0.3, -0.25) is 10.2 Å². The first-order chi connectivity index (χ1) is 7.75. The third-order valence-corrected chi connectivity index (χ3v) is 3.00. The molecule has 0 aliphatic carbocycles. The number of hydrogen-bond acceptors (Lipinski definition) is 3. The lowest BCUT2D eigenvalue weighted by atomic mass is 10.1. The molecule has 1 amide bonds. The number of nitrogens with one attached hydrogen (secondary N) is 1. The molecule has 16 heavy (non-hydrogen) atoms. The van der Waals surface area contributed by atoms with Gasteiger partial charge in [0, 0.05) is 23.5 Å². The van der Waals surface area contributed by atoms with Gasteiger partial charge in [-0.25, -0.2) is 5.01 Å². The number of rotatable bonds is 2. The van der Waals surface area contributed by atoms with Gasteiger partial charge in [-0.2, -0.15) is 0 Å². The maximum atomic E-state index is 11.9. The predicted molar refractivity (Wildman–Crippen MR) is 66.6 cm³/mol. The Hall–Kier alpha value is -1.00. The van der Waals surface area contributed by atoms with Crippen LogP contribution >= 0.6 is 12.6 Å². The second-order valence-electron chi connectivity index (χ2n) is 4.04. The molecule has 1 fully saturated rings. The Labute approximate surface area is 101 Å². The molecule has 1 saturated heterocycles. The highest BCUT2D eigenvalue weighted by atomic mass is 32.1. The molecule has 1 aromatic carbocycles. The van der Waals surface area contributed by atoms with Crippen LogP contribution in [-0.2, 0) is 0 Å². The van der Waals surface area contributed by atoms with Crippen LogP contribution in [0.2, 0.25) is 0 Å². The van der Waals surface area contributed by atoms with E-state index in [2.05, 4.69) is 18.1 Å². The van der Waals surface area contributed by atoms with Crippen LogP contribution < -0.4 is 5.43 Å². The van der Waals surface area contributed by atoms with Gasteiger partial charge < -0.3 is 0 Å². The number of benzene rings is 1. The van der Waals surface area contributed by atoms with E-state index >= 15 is 0 Å². The predicted octanol–water partition coefficient (Wildman–Crippen LogP) is 2.11. The Kier molecular flexibility index (Phi) is 3.85. The van der Waals surface area contributed by atoms with Crippen LogP contribution in [0.1, 0.15) is 29.6 Å². The Balaban J connectivity index is 1.97. The van der Waals surface area contributed by atoms with Gasteiger partial charge in [-0.15, -0.1) is 12.6 Å². The van der Waals surface area contributed by atoms with Gasteiger partial charge in [0.2, 0.25) is 0 Å². The zero-order valence-electron chi connectivity index (χ0n) is 9.15. The minimum absolute atomic E-state index is 0.0437. The normalized spacial score (nSPS) is 17.1. The van der Waals surface area contributed by atoms with E-state index in [9.17, 15) is 4.79 Å². The van der Waals surface area contributed by atoms with Gasteiger partial charge >= 0.3 is 0 Å². The van der Waals surface area contributed by atoms with Crippen LogP contribution in [0.15, 0.2) is 29.2 Å². The molecule has 1 N–H and O–H groups in total. The van der Waals surface area contributed by atoms with E-state index in [0.29, 0.717) is 5.56 Å². The third kappa shape index (κ3) is 3.00. The highest BCUT2D eigenvalue weighted by Crippen LogP contribution is 2.10. The maximum Gasteiger partial charge on any atom is 0.265 e. The highest BCUT2D eigenvalue weighted by Gasteiger charge is 2.13. The molecule has 4 heteroatoms. The second kappa shape index (κ2) is 5.37. The summed E-state index contributed by atoms with van der Waals surface area (Å²) in [5, 5.41) is 2.00. The summed E-state index contributed by atoms with van der Waals surface area (Å²) in [7, 11) is 0. The first-order valence-electron chi connectivity index (χ1n) is 5.61. The lowest BCUT2D eigenvalue weighted by Gasteiger charge is -2.26. The van der Waals surface area contributed by atoms with Crippen molar-refractivity contribution in [3.63, 3.8) is 0 Å². The number of nitrogens with zero attached hydrogens (tertiary/aromatic N) is 1. The minimum Gasteiger partial charge on any atom is -0.285 e. The average Bonchev–Trinajstić information content (AvgIpc) is 2.30. The van der Waals surface area contributed by atoms with E-state index in [-0.39, 0.29) is 5.91 Å². The van der Waals surface area contributed by atoms with Crippen LogP contribution in [0.5, 0.6) is 0 Å². The SMILES string of the molecule is O=C(NN1CCCCC1)c1cccc(S)c1. The molecule has 1 aliphatic heterocycles. The van der Waals surface area contributed by atoms with Crippen LogP contribution in [0.25, 0.3) is 0 Å². The average molecular weight is 236 g/mol. The lowest BCUT2D eigenvalue weighted by molar-refractivity contribution is 0.0750. The fourth-order valence-electron chi connectivity index (χ4n) is 1.86. The van der Waals surface area contributed by atoms with Crippen molar-refractivity contribution in [3.8, 4) is 0 Å². The number of hydrogen-bond donors (Lipinski definition) is 2. The number of thiol groups is 1. The van der Waals surface area contributed by atoms with Crippen molar-refractivity contribution < 1.29 is 4.79 Å². The van der Waals surface area contributed by atoms with E-state index in [4.69, 9.17) is 0 Å². The summed E-state index contributed by atoms with van der Waals surface area (Å²) < 4.78 is 0. The second-order valence-corrected chi connectivity index (χ2v) is 4.56. The van der Waals surface area contributed by atoms with Crippen molar-refractivity contribution in [2.24, 2.45) is 0 Å². The Morgan fingerprint density at radius 3 is 2.69 bits per heavy atom. The molecule has 1 heterocycles. The highest BCUT2D eigenvalue weighted by molar-refractivity contribution is 7.80. The van der Waals surface area contributed by atoms with Crippen molar-refractivity contribution >= 4 is 18.5 Å². The smallest absolute Gasteiger partial charge is 0.265 e. The number of hydrazine groups is 1. The first kappa shape index (κ1) is 11.5. The summed E-state index contributed by atoms with van der Waals surface area (Å²) >= 11 is 4.22. The van der Waals surface area contributed by atoms with Crippen LogP contribution in [0, 0.1) is 0 Å². The summed E-state index contributed by atoms with van der Waals surface area (Å²) in [5.41, 5.74) is 3.59. The topological polar surface area (TPSA) is 32.3 Å². The monoisotopic (exact) mass is 236 g/mol. The van der Waals surface area contributed by atoms with Gasteiger partial charge in [0.15, 0.2) is 0 Å². The summed E-state index contributed by atoms with van der Waals surface area (Å²) in [6.07, 6.45) is 3.58. The fraction of sp³-hybridized carbons (Fsp3) is 0.417. The van der Waals surface area contributed by atoms with Crippen molar-refractivity contribution in [1.82, 2.24) is 10.4 Å². The molecule has 0 spiro atoms. The Morgan fingerprint density at radius 1 is 1.25 bits per heavy atom. The molecular formula is C12H16N2OS. The van der Waals surface area contributed by atoms with E-state index in [1.807, 2.05) is 17.1 Å². The molecule has 0 radical (unpaired) electrons. The molecule has 0 unspecified atom stereocenters. The summed E-state index contributed by atoms with van der Waals surface area (Å²) in [6.45, 7) is 1.90. The van der Waals surface area contributed by atoms with E-state index in [1.165, 1.54) is 6.42 Å². The molecule has 86 valence electrons. The fourth-order valence-corrected chi connectivity index (χ4v) is 2.09. The molecule has 0 atom stereocenters. The maximum absolute atomic E-state index is 11.9. The number of amides is 1. The van der Waals surface area contributed by atoms with Gasteiger partial charge in [-0.05, 0) is 31.0 Å². The van der Waals surface area contributed by atoms with Crippen molar-refractivity contribution in [2.45, 2.75) is 24.2 Å². The van der Waals surface area contributed by atoms with Crippen LogP contribution in [0.3, 0.4) is 0 Å². The van der Waals surface area contributed by atoms with Crippen molar-refractivity contribution in [2.75, 3.05) is 13.1 Å². The minimum atomic E-state index is -0.0437. The summed E-state index contributed by atoms with van der Waals surface area (Å²) in [6, 6.07) is 7.29. The van der Waals surface area contributed by atoms with Crippen molar-refractivity contribution in [1.29, 1.82) is 0 Å². The molecule has 0 saturated carbocycles. The van der Waals surface area contributed by atoms with Crippen LogP contribution in [-0.4, -0.2) is 24.0 Å². The van der Waals surface area contributed by atoms with E-state index < -0.39 is 0 Å². The van der Waals surface area contributed by atoms with Gasteiger partial charge in [-0.1, -0.05) is 12.5 Å². The quantitative estimate of drug-likeness (QED) is 0.771. The van der Waals surface area contributed by atoms with E-state index in [0.717, 1.165) is 30.8 Å². The standard InChI is InChI=1S/C12H16N2OS/c15-12(10-5-4-6-11(16)9-10)13-14-7-2-1-3-8-14/h4-6,9,16H,1-3,7-8H2,(H,13,15). The largest absolute Gasteiger partial charge is 0.285 e. The van der Waals surface area contributed by atoms with Gasteiger partial charge in [0.25, 0.3) is 5.91 Å². The number of piperidine rings is 1. The molecule has 0 aromatic heterocycles. The first-order valence-corrected chi connectivity index (χ1v) is 6.05. The Bertz CT molecular complexity index is 375. The van der Waals surface area contributed by atoms with Gasteiger partial charge in [0.1, 0.15) is 0 Å². The van der Waals surface area contributed by atoms with Crippen LogP contribution in [0.4, 0.5) is 0 Å². The third-order valence-electron chi connectivity index (χ3n) is 2.72. The van der Waals surface area contributed by atoms with Gasteiger partial charge in [0.05, 0.1) is 0 Å². The lowest BCUT2D eigenvalue weighted by Crippen LogP contribution is -2.45. The molecular weight excluding hydrogens is 220 g/mol. The summed E-state index contributed by atoms with van der Waals surface area (Å²) in [5.74, 6) is -0.0437. The van der Waals surface area contributed by atoms with Crippen molar-refractivity contribution in [3.05, 3.63) is 29.8 Å². The molecule has 2 rings (SSSR count). The zero-order chi connectivity index (χ0) is 11.4. The number of carbonyl (C=O) groups excluding carboxylic acids is 1. The van der Waals surface area contributed by atoms with E-state index in [1.54, 1.807) is 12.1 Å². The molecule has 1 aromatic rings. The molecule has 3 nitrogen and oxygen atoms in total. The summed E-state index contributed by atoms with van der Waals surface area (Å²) in [4.78, 5) is 12.7.